The van der Waals surface area contributed by atoms with Crippen LogP contribution in [0.4, 0.5) is 0 Å². The van der Waals surface area contributed by atoms with Crippen molar-refractivity contribution in [1.82, 2.24) is 0 Å². The summed E-state index contributed by atoms with van der Waals surface area (Å²) in [5.41, 5.74) is 3.61. The summed E-state index contributed by atoms with van der Waals surface area (Å²) in [6.45, 7) is 2.15. The Labute approximate surface area is 123 Å². The van der Waals surface area contributed by atoms with Gasteiger partial charge in [0.05, 0.1) is 12.0 Å². The van der Waals surface area contributed by atoms with Crippen molar-refractivity contribution in [3.05, 3.63) is 69.7 Å². The van der Waals surface area contributed by atoms with Crippen LogP contribution in [0.1, 0.15) is 29.5 Å². The van der Waals surface area contributed by atoms with Gasteiger partial charge >= 0.3 is 0 Å². The third-order valence-corrected chi connectivity index (χ3v) is 3.77. The minimum absolute atomic E-state index is 0.0926. The van der Waals surface area contributed by atoms with E-state index in [1.807, 2.05) is 24.3 Å². The molecular weight excluding hydrogens is 298 g/mol. The molecule has 0 aromatic heterocycles. The molecule has 2 aromatic carbocycles. The van der Waals surface area contributed by atoms with E-state index >= 15 is 0 Å². The molecule has 2 rings (SSSR count). The zero-order valence-corrected chi connectivity index (χ0v) is 12.5. The Hall–Kier alpha value is -1.59. The molecule has 0 N–H and O–H groups in total. The highest BCUT2D eigenvalue weighted by atomic mass is 79.9. The van der Waals surface area contributed by atoms with Crippen molar-refractivity contribution in [2.24, 2.45) is 0 Å². The lowest BCUT2D eigenvalue weighted by Gasteiger charge is -2.10. The predicted molar refractivity (Wildman–Crippen MR) is 82.0 cm³/mol. The maximum Gasteiger partial charge on any atom is 0.0753 e. The molecule has 0 saturated heterocycles. The molecule has 0 spiro atoms. The Bertz CT molecular complexity index is 581. The largest absolute Gasteiger partial charge is 0.198 e. The average molecular weight is 314 g/mol. The normalized spacial score (nSPS) is 11.8. The molecule has 0 saturated carbocycles. The molecule has 0 amide bonds. The van der Waals surface area contributed by atoms with Gasteiger partial charge in [-0.3, -0.25) is 0 Å². The smallest absolute Gasteiger partial charge is 0.0753 e. The van der Waals surface area contributed by atoms with E-state index in [2.05, 4.69) is 53.2 Å². The summed E-state index contributed by atoms with van der Waals surface area (Å²) in [4.78, 5) is 0. The number of hydrogen-bond donors (Lipinski definition) is 0. The molecule has 0 bridgehead atoms. The van der Waals surface area contributed by atoms with Gasteiger partial charge in [0.25, 0.3) is 0 Å². The molecule has 1 atom stereocenters. The summed E-state index contributed by atoms with van der Waals surface area (Å²) in [6, 6.07) is 18.9. The first-order chi connectivity index (χ1) is 9.22. The molecule has 2 heteroatoms. The second-order valence-corrected chi connectivity index (χ2v) is 5.53. The minimum atomic E-state index is -0.0926. The fraction of sp³-hybridized carbons (Fsp3) is 0.235. The highest BCUT2D eigenvalue weighted by molar-refractivity contribution is 9.10. The number of nitrogens with zero attached hydrogens (tertiary/aromatic N) is 1. The van der Waals surface area contributed by atoms with Gasteiger partial charge in [0.2, 0.25) is 0 Å². The molecule has 2 aromatic rings. The fourth-order valence-corrected chi connectivity index (χ4v) is 2.53. The fourth-order valence-electron chi connectivity index (χ4n) is 2.11. The van der Waals surface area contributed by atoms with Crippen LogP contribution in [0.2, 0.25) is 0 Å². The van der Waals surface area contributed by atoms with Gasteiger partial charge in [-0.1, -0.05) is 59.3 Å². The van der Waals surface area contributed by atoms with Crippen molar-refractivity contribution in [2.75, 3.05) is 0 Å². The molecule has 19 heavy (non-hydrogen) atoms. The number of halogens is 1. The van der Waals surface area contributed by atoms with Crippen LogP contribution in [-0.4, -0.2) is 0 Å². The first-order valence-corrected chi connectivity index (χ1v) is 7.25. The van der Waals surface area contributed by atoms with Gasteiger partial charge in [0.15, 0.2) is 0 Å². The Morgan fingerprint density at radius 1 is 1.11 bits per heavy atom. The molecule has 96 valence electrons. The highest BCUT2D eigenvalue weighted by Crippen LogP contribution is 2.23. The lowest BCUT2D eigenvalue weighted by Crippen LogP contribution is -2.00. The Kier molecular flexibility index (Phi) is 4.76. The average Bonchev–Trinajstić information content (AvgIpc) is 2.45. The van der Waals surface area contributed by atoms with Gasteiger partial charge < -0.3 is 0 Å². The second-order valence-electron chi connectivity index (χ2n) is 4.61. The van der Waals surface area contributed by atoms with Crippen molar-refractivity contribution >= 4 is 15.9 Å². The Morgan fingerprint density at radius 2 is 1.79 bits per heavy atom. The summed E-state index contributed by atoms with van der Waals surface area (Å²) >= 11 is 3.45. The standard InChI is InChI=1S/C17H16BrN/c1-2-13-6-8-14(9-7-13)10-16(12-19)15-4-3-5-17(18)11-15/h3-9,11,16H,2,10H2,1H3. The van der Waals surface area contributed by atoms with E-state index in [1.165, 1.54) is 11.1 Å². The van der Waals surface area contributed by atoms with Gasteiger partial charge in [0, 0.05) is 4.47 Å². The van der Waals surface area contributed by atoms with Crippen LogP contribution in [0.3, 0.4) is 0 Å². The monoisotopic (exact) mass is 313 g/mol. The predicted octanol–water partition coefficient (Wildman–Crippen LogP) is 4.86. The van der Waals surface area contributed by atoms with Gasteiger partial charge in [-0.05, 0) is 41.7 Å². The van der Waals surface area contributed by atoms with Gasteiger partial charge in [-0.15, -0.1) is 0 Å². The molecular formula is C17H16BrN. The molecule has 0 aliphatic rings. The third kappa shape index (κ3) is 3.68. The summed E-state index contributed by atoms with van der Waals surface area (Å²) in [5, 5.41) is 9.37. The van der Waals surface area contributed by atoms with Crippen LogP contribution in [0, 0.1) is 11.3 Å². The molecule has 0 heterocycles. The Balaban J connectivity index is 2.17. The zero-order valence-electron chi connectivity index (χ0n) is 10.9. The number of hydrogen-bond acceptors (Lipinski definition) is 1. The number of aryl methyl sites for hydroxylation is 1. The summed E-state index contributed by atoms with van der Waals surface area (Å²) < 4.78 is 1.02. The highest BCUT2D eigenvalue weighted by Gasteiger charge is 2.11. The van der Waals surface area contributed by atoms with Crippen molar-refractivity contribution in [2.45, 2.75) is 25.7 Å². The maximum atomic E-state index is 9.37. The van der Waals surface area contributed by atoms with Crippen LogP contribution in [0.25, 0.3) is 0 Å². The molecule has 0 aliphatic heterocycles. The second kappa shape index (κ2) is 6.54. The first-order valence-electron chi connectivity index (χ1n) is 6.46. The van der Waals surface area contributed by atoms with Crippen molar-refractivity contribution in [3.63, 3.8) is 0 Å². The minimum Gasteiger partial charge on any atom is -0.198 e. The zero-order chi connectivity index (χ0) is 13.7. The van der Waals surface area contributed by atoms with E-state index in [1.54, 1.807) is 0 Å². The van der Waals surface area contributed by atoms with Crippen molar-refractivity contribution < 1.29 is 0 Å². The maximum absolute atomic E-state index is 9.37. The number of benzene rings is 2. The lowest BCUT2D eigenvalue weighted by molar-refractivity contribution is 0.847. The van der Waals surface area contributed by atoms with Gasteiger partial charge in [0.1, 0.15) is 0 Å². The number of nitriles is 1. The molecule has 0 aliphatic carbocycles. The van der Waals surface area contributed by atoms with Crippen LogP contribution in [0.15, 0.2) is 53.0 Å². The van der Waals surface area contributed by atoms with E-state index < -0.39 is 0 Å². The van der Waals surface area contributed by atoms with E-state index in [-0.39, 0.29) is 5.92 Å². The van der Waals surface area contributed by atoms with E-state index in [0.717, 1.165) is 22.9 Å². The van der Waals surface area contributed by atoms with Crippen LogP contribution in [0.5, 0.6) is 0 Å². The third-order valence-electron chi connectivity index (χ3n) is 3.28. The first kappa shape index (κ1) is 13.8. The van der Waals surface area contributed by atoms with Crippen LogP contribution >= 0.6 is 15.9 Å². The van der Waals surface area contributed by atoms with Crippen LogP contribution in [-0.2, 0) is 12.8 Å². The van der Waals surface area contributed by atoms with E-state index in [9.17, 15) is 5.26 Å². The molecule has 0 radical (unpaired) electrons. The molecule has 1 nitrogen and oxygen atoms in total. The van der Waals surface area contributed by atoms with Gasteiger partial charge in [-0.2, -0.15) is 5.26 Å². The molecule has 1 unspecified atom stereocenters. The topological polar surface area (TPSA) is 23.8 Å². The summed E-state index contributed by atoms with van der Waals surface area (Å²) in [7, 11) is 0. The Morgan fingerprint density at radius 3 is 2.37 bits per heavy atom. The number of rotatable bonds is 4. The van der Waals surface area contributed by atoms with Gasteiger partial charge in [-0.25, -0.2) is 0 Å². The van der Waals surface area contributed by atoms with Crippen molar-refractivity contribution in [3.8, 4) is 6.07 Å². The lowest BCUT2D eigenvalue weighted by atomic mass is 9.93. The van der Waals surface area contributed by atoms with Crippen LogP contribution < -0.4 is 0 Å². The summed E-state index contributed by atoms with van der Waals surface area (Å²) in [5.74, 6) is -0.0926. The molecule has 0 fully saturated rings. The van der Waals surface area contributed by atoms with E-state index in [4.69, 9.17) is 0 Å². The van der Waals surface area contributed by atoms with Crippen molar-refractivity contribution in [1.29, 1.82) is 5.26 Å². The van der Waals surface area contributed by atoms with E-state index in [0.29, 0.717) is 0 Å². The quantitative estimate of drug-likeness (QED) is 0.790. The summed E-state index contributed by atoms with van der Waals surface area (Å²) in [6.07, 6.45) is 1.81. The SMILES string of the molecule is CCc1ccc(CC(C#N)c2cccc(Br)c2)cc1.